The molecule has 0 unspecified atom stereocenters. The molecule has 1 aromatic carbocycles. The monoisotopic (exact) mass is 278 g/mol. The van der Waals surface area contributed by atoms with Crippen LogP contribution in [-0.4, -0.2) is 18.2 Å². The molecule has 3 rings (SSSR count). The Labute approximate surface area is 119 Å². The van der Waals surface area contributed by atoms with E-state index in [1.165, 1.54) is 5.39 Å². The van der Waals surface area contributed by atoms with Crippen LogP contribution in [0.15, 0.2) is 36.4 Å². The lowest BCUT2D eigenvalue weighted by Crippen LogP contribution is -2.28. The average Bonchev–Trinajstić information content (AvgIpc) is 2.47. The van der Waals surface area contributed by atoms with Gasteiger partial charge in [-0.1, -0.05) is 24.3 Å². The molecule has 0 aliphatic carbocycles. The second-order valence-electron chi connectivity index (χ2n) is 4.90. The Morgan fingerprint density at radius 1 is 1.11 bits per heavy atom. The maximum absolute atomic E-state index is 6.34. The number of fused-ring (bicyclic) bond motifs is 1. The molecule has 1 aromatic heterocycles. The third kappa shape index (κ3) is 3.06. The number of nitrogens with zero attached hydrogens (tertiary/aromatic N) is 1. The van der Waals surface area contributed by atoms with Crippen LogP contribution < -0.4 is 5.73 Å². The molecule has 1 aliphatic rings. The molecule has 1 aliphatic heterocycles. The van der Waals surface area contributed by atoms with Crippen LogP contribution in [0.2, 0.25) is 0 Å². The smallest absolute Gasteiger partial charge is 0.0706 e. The number of para-hydroxylation sites is 1. The van der Waals surface area contributed by atoms with Crippen molar-refractivity contribution >= 4 is 23.3 Å². The van der Waals surface area contributed by atoms with Crippen molar-refractivity contribution in [3.8, 4) is 0 Å². The Balaban J connectivity index is 0.00000133. The fourth-order valence-electron chi connectivity index (χ4n) is 2.58. The second-order valence-corrected chi connectivity index (χ2v) is 4.90. The highest BCUT2D eigenvalue weighted by Gasteiger charge is 2.23. The first-order chi connectivity index (χ1) is 8.84. The fraction of sp³-hybridized carbons (Fsp3) is 0.400. The van der Waals surface area contributed by atoms with Crippen molar-refractivity contribution in [2.75, 3.05) is 13.2 Å². The van der Waals surface area contributed by atoms with Gasteiger partial charge in [0.25, 0.3) is 0 Å². The molecule has 2 N–H and O–H groups in total. The summed E-state index contributed by atoms with van der Waals surface area (Å²) in [5.74, 6) is 0.493. The zero-order valence-corrected chi connectivity index (χ0v) is 11.6. The number of nitrogens with two attached hydrogens (primary N) is 1. The van der Waals surface area contributed by atoms with Gasteiger partial charge >= 0.3 is 0 Å². The minimum atomic E-state index is 0. The molecule has 3 nitrogen and oxygen atoms in total. The first-order valence-electron chi connectivity index (χ1n) is 6.53. The minimum absolute atomic E-state index is 0. The zero-order valence-electron chi connectivity index (χ0n) is 10.8. The van der Waals surface area contributed by atoms with Crippen LogP contribution in [0, 0.1) is 5.92 Å². The van der Waals surface area contributed by atoms with Crippen molar-refractivity contribution in [2.45, 2.75) is 18.9 Å². The Bertz CT molecular complexity index is 540. The van der Waals surface area contributed by atoms with E-state index in [4.69, 9.17) is 10.5 Å². The summed E-state index contributed by atoms with van der Waals surface area (Å²) in [4.78, 5) is 4.68. The first-order valence-corrected chi connectivity index (χ1v) is 6.53. The molecule has 0 spiro atoms. The quantitative estimate of drug-likeness (QED) is 0.918. The number of halogens is 1. The van der Waals surface area contributed by atoms with E-state index < -0.39 is 0 Å². The second kappa shape index (κ2) is 6.33. The summed E-state index contributed by atoms with van der Waals surface area (Å²) in [7, 11) is 0. The third-order valence-electron chi connectivity index (χ3n) is 3.74. The van der Waals surface area contributed by atoms with Crippen LogP contribution in [0.3, 0.4) is 0 Å². The molecular weight excluding hydrogens is 260 g/mol. The normalized spacial score (nSPS) is 17.9. The van der Waals surface area contributed by atoms with Crippen LogP contribution in [0.5, 0.6) is 0 Å². The van der Waals surface area contributed by atoms with E-state index >= 15 is 0 Å². The number of hydrogen-bond acceptors (Lipinski definition) is 3. The number of ether oxygens (including phenoxy) is 1. The van der Waals surface area contributed by atoms with Gasteiger partial charge in [0.15, 0.2) is 0 Å². The summed E-state index contributed by atoms with van der Waals surface area (Å²) in [6.45, 7) is 1.65. The standard InChI is InChI=1S/C15H18N2O.ClH/c16-15(12-7-9-18-10-8-12)14-6-5-11-3-1-2-4-13(11)17-14;/h1-6,12,15H,7-10,16H2;1H/t15-;/m1./s1. The van der Waals surface area contributed by atoms with E-state index in [1.807, 2.05) is 18.2 Å². The van der Waals surface area contributed by atoms with E-state index in [9.17, 15) is 0 Å². The highest BCUT2D eigenvalue weighted by molar-refractivity contribution is 5.85. The lowest BCUT2D eigenvalue weighted by Gasteiger charge is -2.27. The third-order valence-corrected chi connectivity index (χ3v) is 3.74. The van der Waals surface area contributed by atoms with Crippen LogP contribution in [-0.2, 0) is 4.74 Å². The van der Waals surface area contributed by atoms with Crippen molar-refractivity contribution in [3.05, 3.63) is 42.1 Å². The van der Waals surface area contributed by atoms with E-state index in [1.54, 1.807) is 0 Å². The molecule has 4 heteroatoms. The molecule has 102 valence electrons. The van der Waals surface area contributed by atoms with Gasteiger partial charge in [-0.25, -0.2) is 0 Å². The predicted molar refractivity (Wildman–Crippen MR) is 79.5 cm³/mol. The molecule has 1 saturated heterocycles. The lowest BCUT2D eigenvalue weighted by atomic mass is 9.90. The number of benzene rings is 1. The van der Waals surface area contributed by atoms with Crippen LogP contribution in [0.1, 0.15) is 24.6 Å². The maximum Gasteiger partial charge on any atom is 0.0706 e. The SMILES string of the molecule is Cl.N[C@@H](c1ccc2ccccc2n1)C1CCOCC1. The summed E-state index contributed by atoms with van der Waals surface area (Å²) in [6, 6.07) is 12.3. The molecule has 0 amide bonds. The van der Waals surface area contributed by atoms with Crippen molar-refractivity contribution in [1.82, 2.24) is 4.98 Å². The number of pyridine rings is 1. The van der Waals surface area contributed by atoms with E-state index in [0.717, 1.165) is 37.3 Å². The maximum atomic E-state index is 6.34. The van der Waals surface area contributed by atoms with Crippen molar-refractivity contribution in [3.63, 3.8) is 0 Å². The number of rotatable bonds is 2. The van der Waals surface area contributed by atoms with Gasteiger partial charge in [-0.2, -0.15) is 0 Å². The van der Waals surface area contributed by atoms with Gasteiger partial charge in [-0.05, 0) is 30.9 Å². The molecule has 2 aromatic rings. The molecule has 0 bridgehead atoms. The summed E-state index contributed by atoms with van der Waals surface area (Å²) >= 11 is 0. The van der Waals surface area contributed by atoms with Crippen LogP contribution >= 0.6 is 12.4 Å². The van der Waals surface area contributed by atoms with E-state index in [2.05, 4.69) is 23.2 Å². The highest BCUT2D eigenvalue weighted by Crippen LogP contribution is 2.27. The molecular formula is C15H19ClN2O. The summed E-state index contributed by atoms with van der Waals surface area (Å²) in [5.41, 5.74) is 8.37. The van der Waals surface area contributed by atoms with Gasteiger partial charge in [-0.15, -0.1) is 12.4 Å². The van der Waals surface area contributed by atoms with Gasteiger partial charge in [0, 0.05) is 18.6 Å². The van der Waals surface area contributed by atoms with Gasteiger partial charge in [0.05, 0.1) is 17.3 Å². The Kier molecular flexibility index (Phi) is 4.75. The molecule has 2 heterocycles. The van der Waals surface area contributed by atoms with Crippen molar-refractivity contribution in [2.24, 2.45) is 11.7 Å². The van der Waals surface area contributed by atoms with Crippen LogP contribution in [0.4, 0.5) is 0 Å². The Hall–Kier alpha value is -1.16. The van der Waals surface area contributed by atoms with Crippen molar-refractivity contribution < 1.29 is 4.74 Å². The molecule has 19 heavy (non-hydrogen) atoms. The largest absolute Gasteiger partial charge is 0.381 e. The number of aromatic nitrogens is 1. The van der Waals surface area contributed by atoms with E-state index in [0.29, 0.717) is 5.92 Å². The molecule has 0 radical (unpaired) electrons. The highest BCUT2D eigenvalue weighted by atomic mass is 35.5. The average molecular weight is 279 g/mol. The fourth-order valence-corrected chi connectivity index (χ4v) is 2.58. The van der Waals surface area contributed by atoms with Gasteiger partial charge in [0.1, 0.15) is 0 Å². The predicted octanol–water partition coefficient (Wildman–Crippen LogP) is 3.08. The molecule has 0 saturated carbocycles. The van der Waals surface area contributed by atoms with E-state index in [-0.39, 0.29) is 18.4 Å². The molecule has 1 fully saturated rings. The topological polar surface area (TPSA) is 48.1 Å². The first kappa shape index (κ1) is 14.3. The Morgan fingerprint density at radius 3 is 2.63 bits per heavy atom. The number of hydrogen-bond donors (Lipinski definition) is 1. The minimum Gasteiger partial charge on any atom is -0.381 e. The zero-order chi connectivity index (χ0) is 12.4. The van der Waals surface area contributed by atoms with Gasteiger partial charge < -0.3 is 10.5 Å². The summed E-state index contributed by atoms with van der Waals surface area (Å²) in [6.07, 6.45) is 2.07. The lowest BCUT2D eigenvalue weighted by molar-refractivity contribution is 0.0580. The van der Waals surface area contributed by atoms with Gasteiger partial charge in [0.2, 0.25) is 0 Å². The van der Waals surface area contributed by atoms with Crippen LogP contribution in [0.25, 0.3) is 10.9 Å². The summed E-state index contributed by atoms with van der Waals surface area (Å²) in [5, 5.41) is 1.17. The molecule has 1 atom stereocenters. The summed E-state index contributed by atoms with van der Waals surface area (Å²) < 4.78 is 5.38. The Morgan fingerprint density at radius 2 is 1.84 bits per heavy atom. The van der Waals surface area contributed by atoms with Gasteiger partial charge in [-0.3, -0.25) is 4.98 Å². The van der Waals surface area contributed by atoms with Crippen molar-refractivity contribution in [1.29, 1.82) is 0 Å².